The zero-order chi connectivity index (χ0) is 30.8. The number of anilines is 1. The summed E-state index contributed by atoms with van der Waals surface area (Å²) in [5, 5.41) is 4.55. The summed E-state index contributed by atoms with van der Waals surface area (Å²) >= 11 is 0. The molecule has 1 saturated heterocycles. The fourth-order valence-corrected chi connectivity index (χ4v) is 5.50. The predicted octanol–water partition coefficient (Wildman–Crippen LogP) is 5.76. The molecule has 0 N–H and O–H groups in total. The molecule has 45 heavy (non-hydrogen) atoms. The predicted molar refractivity (Wildman–Crippen MR) is 177 cm³/mol. The summed E-state index contributed by atoms with van der Waals surface area (Å²) in [6.45, 7) is 4.86. The molecule has 1 aliphatic heterocycles. The van der Waals surface area contributed by atoms with Gasteiger partial charge in [-0.1, -0.05) is 78.9 Å². The number of nitrogens with zero attached hydrogens (tertiary/aromatic N) is 4. The van der Waals surface area contributed by atoms with Crippen LogP contribution in [-0.4, -0.2) is 54.6 Å². The highest BCUT2D eigenvalue weighted by Crippen LogP contribution is 2.27. The monoisotopic (exact) mass is 602 g/mol. The first-order valence-electron chi connectivity index (χ1n) is 15.3. The van der Waals surface area contributed by atoms with Crippen molar-refractivity contribution in [1.82, 2.24) is 14.7 Å². The second-order valence-corrected chi connectivity index (χ2v) is 11.0. The summed E-state index contributed by atoms with van der Waals surface area (Å²) in [7, 11) is 1.65. The van der Waals surface area contributed by atoms with Gasteiger partial charge >= 0.3 is 5.56 Å². The van der Waals surface area contributed by atoms with E-state index in [0.717, 1.165) is 66.6 Å². The lowest BCUT2D eigenvalue weighted by Crippen LogP contribution is -2.46. The first-order chi connectivity index (χ1) is 22.2. The first-order valence-corrected chi connectivity index (χ1v) is 15.3. The molecule has 0 aliphatic carbocycles. The van der Waals surface area contributed by atoms with E-state index in [4.69, 9.17) is 14.2 Å². The Morgan fingerprint density at radius 1 is 0.733 bits per heavy atom. The van der Waals surface area contributed by atoms with Gasteiger partial charge in [-0.25, -0.2) is 0 Å². The van der Waals surface area contributed by atoms with Crippen molar-refractivity contribution in [3.63, 3.8) is 0 Å². The van der Waals surface area contributed by atoms with Crippen LogP contribution in [0.5, 0.6) is 17.2 Å². The molecular weight excluding hydrogens is 564 g/mol. The summed E-state index contributed by atoms with van der Waals surface area (Å²) in [6, 6.07) is 35.8. The highest BCUT2D eigenvalue weighted by atomic mass is 16.5. The number of para-hydroxylation sites is 2. The van der Waals surface area contributed by atoms with Gasteiger partial charge in [-0.05, 0) is 41.5 Å². The van der Waals surface area contributed by atoms with E-state index in [-0.39, 0.29) is 5.56 Å². The van der Waals surface area contributed by atoms with Gasteiger partial charge < -0.3 is 19.1 Å². The largest absolute Gasteiger partial charge is 0.497 e. The zero-order valence-corrected chi connectivity index (χ0v) is 25.5. The molecule has 5 aromatic rings. The number of methoxy groups -OCH3 is 1. The Labute approximate surface area is 264 Å². The fraction of sp³-hybridized carbons (Fsp3) is 0.243. The van der Waals surface area contributed by atoms with E-state index in [1.165, 1.54) is 4.68 Å². The third-order valence-corrected chi connectivity index (χ3v) is 8.03. The smallest absolute Gasteiger partial charge is 0.316 e. The minimum absolute atomic E-state index is 0.264. The highest BCUT2D eigenvalue weighted by molar-refractivity contribution is 5.57. The van der Waals surface area contributed by atoms with E-state index in [9.17, 15) is 4.79 Å². The van der Waals surface area contributed by atoms with Crippen LogP contribution in [0.4, 0.5) is 5.69 Å². The van der Waals surface area contributed by atoms with Crippen molar-refractivity contribution >= 4 is 5.69 Å². The highest BCUT2D eigenvalue weighted by Gasteiger charge is 2.24. The van der Waals surface area contributed by atoms with E-state index < -0.39 is 0 Å². The number of ether oxygens (including phenoxy) is 3. The van der Waals surface area contributed by atoms with Gasteiger partial charge in [0, 0.05) is 44.7 Å². The molecule has 8 heteroatoms. The van der Waals surface area contributed by atoms with Crippen LogP contribution in [0.2, 0.25) is 0 Å². The summed E-state index contributed by atoms with van der Waals surface area (Å²) in [5.41, 5.74) is 4.58. The normalized spacial score (nSPS) is 13.4. The molecule has 4 aromatic carbocycles. The minimum Gasteiger partial charge on any atom is -0.497 e. The molecule has 2 heterocycles. The molecule has 1 aliphatic rings. The maximum atomic E-state index is 13.8. The van der Waals surface area contributed by atoms with Crippen LogP contribution in [0.1, 0.15) is 16.7 Å². The van der Waals surface area contributed by atoms with Crippen LogP contribution in [0, 0.1) is 0 Å². The van der Waals surface area contributed by atoms with Gasteiger partial charge in [0.2, 0.25) is 5.75 Å². The third-order valence-electron chi connectivity index (χ3n) is 8.03. The van der Waals surface area contributed by atoms with E-state index in [1.807, 2.05) is 84.9 Å². The molecule has 6 rings (SSSR count). The Morgan fingerprint density at radius 2 is 1.42 bits per heavy atom. The van der Waals surface area contributed by atoms with Gasteiger partial charge in [-0.3, -0.25) is 9.69 Å². The number of hydrogen-bond donors (Lipinski definition) is 0. The van der Waals surface area contributed by atoms with Gasteiger partial charge in [0.15, 0.2) is 0 Å². The van der Waals surface area contributed by atoms with Gasteiger partial charge in [0.25, 0.3) is 0 Å². The number of piperazine rings is 1. The van der Waals surface area contributed by atoms with Crippen LogP contribution in [0.15, 0.2) is 120 Å². The van der Waals surface area contributed by atoms with Crippen molar-refractivity contribution in [2.24, 2.45) is 0 Å². The maximum absolute atomic E-state index is 13.8. The lowest BCUT2D eigenvalue weighted by atomic mass is 10.1. The van der Waals surface area contributed by atoms with Crippen LogP contribution in [0.3, 0.4) is 0 Å². The second kappa shape index (κ2) is 14.6. The first kappa shape index (κ1) is 30.0. The molecule has 0 unspecified atom stereocenters. The Balaban J connectivity index is 1.14. The Bertz CT molecular complexity index is 1720. The van der Waals surface area contributed by atoms with Crippen molar-refractivity contribution in [3.8, 4) is 22.9 Å². The van der Waals surface area contributed by atoms with Crippen molar-refractivity contribution in [2.45, 2.75) is 19.6 Å². The summed E-state index contributed by atoms with van der Waals surface area (Å²) < 4.78 is 19.2. The van der Waals surface area contributed by atoms with Crippen LogP contribution >= 0.6 is 0 Å². The number of benzene rings is 4. The molecule has 1 fully saturated rings. The summed E-state index contributed by atoms with van der Waals surface area (Å²) in [5.74, 6) is 2.05. The third kappa shape index (κ3) is 7.53. The van der Waals surface area contributed by atoms with E-state index in [1.54, 1.807) is 13.3 Å². The maximum Gasteiger partial charge on any atom is 0.316 e. The molecule has 0 atom stereocenters. The van der Waals surface area contributed by atoms with Crippen molar-refractivity contribution in [2.75, 3.05) is 44.8 Å². The van der Waals surface area contributed by atoms with E-state index >= 15 is 0 Å². The van der Waals surface area contributed by atoms with Gasteiger partial charge in [0.1, 0.15) is 23.8 Å². The minimum atomic E-state index is -0.264. The number of hydrogen-bond acceptors (Lipinski definition) is 7. The van der Waals surface area contributed by atoms with Crippen LogP contribution < -0.4 is 24.7 Å². The van der Waals surface area contributed by atoms with E-state index in [2.05, 4.69) is 39.2 Å². The van der Waals surface area contributed by atoms with Crippen LogP contribution in [-0.2, 0) is 19.6 Å². The molecule has 230 valence electrons. The van der Waals surface area contributed by atoms with Crippen molar-refractivity contribution in [3.05, 3.63) is 142 Å². The Hall–Kier alpha value is -5.08. The van der Waals surface area contributed by atoms with Gasteiger partial charge in [-0.15, -0.1) is 0 Å². The van der Waals surface area contributed by atoms with Crippen LogP contribution in [0.25, 0.3) is 5.69 Å². The quantitative estimate of drug-likeness (QED) is 0.180. The summed E-state index contributed by atoms with van der Waals surface area (Å²) in [6.07, 6.45) is 2.43. The molecular formula is C37H38N4O4. The van der Waals surface area contributed by atoms with Crippen molar-refractivity contribution in [1.29, 1.82) is 0 Å². The number of aromatic nitrogens is 2. The van der Waals surface area contributed by atoms with Gasteiger partial charge in [0.05, 0.1) is 25.6 Å². The molecule has 0 bridgehead atoms. The standard InChI is InChI=1S/C37H38N4O4/c1-43-33-18-16-29(17-19-33)20-25-44-36-34(26-38-41(37(36)42)32-13-6-3-7-14-32)40-23-21-39(22-24-40)27-31-12-8-9-15-35(31)45-28-30-10-4-2-5-11-30/h2-19,26H,20-25,27-28H2,1H3. The lowest BCUT2D eigenvalue weighted by Gasteiger charge is -2.36. The molecule has 8 nitrogen and oxygen atoms in total. The average Bonchev–Trinajstić information content (AvgIpc) is 3.10. The Morgan fingerprint density at radius 3 is 2.16 bits per heavy atom. The zero-order valence-electron chi connectivity index (χ0n) is 25.5. The summed E-state index contributed by atoms with van der Waals surface area (Å²) in [4.78, 5) is 18.4. The van der Waals surface area contributed by atoms with Gasteiger partial charge in [-0.2, -0.15) is 9.78 Å². The molecule has 0 amide bonds. The molecule has 0 radical (unpaired) electrons. The topological polar surface area (TPSA) is 69.1 Å². The molecule has 1 aromatic heterocycles. The SMILES string of the molecule is COc1ccc(CCOc2c(N3CCN(Cc4ccccc4OCc4ccccc4)CC3)cnn(-c3ccccc3)c2=O)cc1. The van der Waals surface area contributed by atoms with E-state index in [0.29, 0.717) is 31.1 Å². The van der Waals surface area contributed by atoms with Crippen molar-refractivity contribution < 1.29 is 14.2 Å². The number of rotatable bonds is 12. The average molecular weight is 603 g/mol. The fourth-order valence-electron chi connectivity index (χ4n) is 5.50. The lowest BCUT2D eigenvalue weighted by molar-refractivity contribution is 0.239. The molecule has 0 spiro atoms. The molecule has 0 saturated carbocycles. The Kier molecular flexibility index (Phi) is 9.72. The second-order valence-electron chi connectivity index (χ2n) is 11.0.